The molecule has 2 N–H and O–H groups in total. The van der Waals surface area contributed by atoms with Crippen LogP contribution in [0, 0.1) is 0 Å². The van der Waals surface area contributed by atoms with Crippen molar-refractivity contribution in [3.8, 4) is 0 Å². The van der Waals surface area contributed by atoms with E-state index in [-0.39, 0.29) is 11.1 Å². The molecule has 0 aromatic heterocycles. The van der Waals surface area contributed by atoms with E-state index in [4.69, 9.17) is 27.4 Å². The van der Waals surface area contributed by atoms with Crippen LogP contribution in [-0.4, -0.2) is 46.4 Å². The third-order valence-corrected chi connectivity index (χ3v) is 2.65. The highest BCUT2D eigenvalue weighted by Gasteiger charge is 2.38. The molecular formula is C12H22N2O3S. The SMILES string of the molecule is CC(C)(C)OC(=O)N1C[C@H](C(N)=S)OC(C)(C)C1. The standard InChI is InChI=1S/C12H22N2O3S/c1-11(2,3)17-10(15)14-6-8(9(13)18)16-12(4,5)7-14/h8H,6-7H2,1-5H3,(H2,13,18)/t8-/m1/s1. The van der Waals surface area contributed by atoms with Gasteiger partial charge in [0.1, 0.15) is 16.7 Å². The largest absolute Gasteiger partial charge is 0.444 e. The first-order valence-corrected chi connectivity index (χ1v) is 6.36. The number of ether oxygens (including phenoxy) is 2. The minimum absolute atomic E-state index is 0.260. The van der Waals surface area contributed by atoms with Crippen molar-refractivity contribution in [2.24, 2.45) is 5.73 Å². The van der Waals surface area contributed by atoms with Gasteiger partial charge in [0.05, 0.1) is 18.7 Å². The van der Waals surface area contributed by atoms with Crippen molar-refractivity contribution in [3.63, 3.8) is 0 Å². The zero-order chi connectivity index (χ0) is 14.1. The van der Waals surface area contributed by atoms with Crippen molar-refractivity contribution in [1.29, 1.82) is 0 Å². The van der Waals surface area contributed by atoms with Crippen molar-refractivity contribution >= 4 is 23.3 Å². The second-order valence-corrected chi connectivity index (χ2v) is 6.60. The Kier molecular flexibility index (Phi) is 4.23. The van der Waals surface area contributed by atoms with Crippen molar-refractivity contribution in [3.05, 3.63) is 0 Å². The van der Waals surface area contributed by atoms with Crippen molar-refractivity contribution in [1.82, 2.24) is 4.90 Å². The molecular weight excluding hydrogens is 252 g/mol. The molecule has 1 aliphatic rings. The van der Waals surface area contributed by atoms with E-state index in [0.29, 0.717) is 13.1 Å². The summed E-state index contributed by atoms with van der Waals surface area (Å²) in [6.07, 6.45) is -0.781. The van der Waals surface area contributed by atoms with Crippen LogP contribution in [-0.2, 0) is 9.47 Å². The van der Waals surface area contributed by atoms with Crippen LogP contribution in [0.2, 0.25) is 0 Å². The lowest BCUT2D eigenvalue weighted by atomic mass is 10.1. The highest BCUT2D eigenvalue weighted by molar-refractivity contribution is 7.80. The summed E-state index contributed by atoms with van der Waals surface area (Å²) >= 11 is 4.94. The Labute approximate surface area is 114 Å². The number of rotatable bonds is 1. The highest BCUT2D eigenvalue weighted by atomic mass is 32.1. The second kappa shape index (κ2) is 5.01. The van der Waals surface area contributed by atoms with Gasteiger partial charge in [0, 0.05) is 0 Å². The first-order chi connectivity index (χ1) is 8.00. The van der Waals surface area contributed by atoms with Crippen LogP contribution in [0.25, 0.3) is 0 Å². The molecule has 104 valence electrons. The normalized spacial score (nSPS) is 23.6. The Morgan fingerprint density at radius 3 is 2.50 bits per heavy atom. The van der Waals surface area contributed by atoms with E-state index in [2.05, 4.69) is 0 Å². The molecule has 1 rings (SSSR count). The maximum absolute atomic E-state index is 12.0. The number of nitrogens with two attached hydrogens (primary N) is 1. The van der Waals surface area contributed by atoms with Crippen molar-refractivity contribution < 1.29 is 14.3 Å². The molecule has 1 aliphatic heterocycles. The maximum atomic E-state index is 12.0. The molecule has 0 unspecified atom stereocenters. The monoisotopic (exact) mass is 274 g/mol. The molecule has 0 saturated carbocycles. The summed E-state index contributed by atoms with van der Waals surface area (Å²) in [5.41, 5.74) is 4.61. The molecule has 0 bridgehead atoms. The zero-order valence-corrected chi connectivity index (χ0v) is 12.5. The lowest BCUT2D eigenvalue weighted by molar-refractivity contribution is -0.109. The van der Waals surface area contributed by atoms with Gasteiger partial charge in [-0.15, -0.1) is 0 Å². The first kappa shape index (κ1) is 15.2. The van der Waals surface area contributed by atoms with Crippen LogP contribution >= 0.6 is 12.2 Å². The minimum Gasteiger partial charge on any atom is -0.444 e. The van der Waals surface area contributed by atoms with Crippen LogP contribution in [0.3, 0.4) is 0 Å². The Bertz CT molecular complexity index is 350. The predicted molar refractivity (Wildman–Crippen MR) is 73.5 cm³/mol. The number of thiocarbonyl (C=S) groups is 1. The van der Waals surface area contributed by atoms with Crippen LogP contribution in [0.4, 0.5) is 4.79 Å². The van der Waals surface area contributed by atoms with E-state index in [9.17, 15) is 4.79 Å². The fourth-order valence-electron chi connectivity index (χ4n) is 1.80. The Hall–Kier alpha value is -0.880. The topological polar surface area (TPSA) is 64.8 Å². The maximum Gasteiger partial charge on any atom is 0.410 e. The molecule has 0 aromatic carbocycles. The number of amides is 1. The van der Waals surface area contributed by atoms with Gasteiger partial charge in [-0.1, -0.05) is 12.2 Å². The van der Waals surface area contributed by atoms with Crippen LogP contribution < -0.4 is 5.73 Å². The van der Waals surface area contributed by atoms with E-state index in [1.54, 1.807) is 4.90 Å². The molecule has 0 radical (unpaired) electrons. The van der Waals surface area contributed by atoms with Crippen LogP contribution in [0.15, 0.2) is 0 Å². The summed E-state index contributed by atoms with van der Waals surface area (Å²) in [6.45, 7) is 10.1. The van der Waals surface area contributed by atoms with Gasteiger partial charge >= 0.3 is 6.09 Å². The summed E-state index contributed by atoms with van der Waals surface area (Å²) < 4.78 is 11.1. The molecule has 1 saturated heterocycles. The van der Waals surface area contributed by atoms with E-state index in [1.165, 1.54) is 0 Å². The van der Waals surface area contributed by atoms with E-state index in [0.717, 1.165) is 0 Å². The number of carbonyl (C=O) groups excluding carboxylic acids is 1. The molecule has 0 aromatic rings. The summed E-state index contributed by atoms with van der Waals surface area (Å²) in [7, 11) is 0. The number of morpholine rings is 1. The van der Waals surface area contributed by atoms with Crippen LogP contribution in [0.1, 0.15) is 34.6 Å². The smallest absolute Gasteiger partial charge is 0.410 e. The molecule has 0 aliphatic carbocycles. The third kappa shape index (κ3) is 4.42. The fraction of sp³-hybridized carbons (Fsp3) is 0.833. The predicted octanol–water partition coefficient (Wildman–Crippen LogP) is 1.69. The van der Waals surface area contributed by atoms with Gasteiger partial charge in [0.2, 0.25) is 0 Å². The van der Waals surface area contributed by atoms with E-state index in [1.807, 2.05) is 34.6 Å². The quantitative estimate of drug-likeness (QED) is 0.737. The van der Waals surface area contributed by atoms with Gasteiger partial charge in [-0.3, -0.25) is 0 Å². The highest BCUT2D eigenvalue weighted by Crippen LogP contribution is 2.23. The summed E-state index contributed by atoms with van der Waals surface area (Å²) in [4.78, 5) is 13.9. The molecule has 0 spiro atoms. The van der Waals surface area contributed by atoms with Crippen molar-refractivity contribution in [2.45, 2.75) is 51.9 Å². The van der Waals surface area contributed by atoms with Crippen LogP contribution in [0.5, 0.6) is 0 Å². The molecule has 1 heterocycles. The molecule has 5 nitrogen and oxygen atoms in total. The number of carbonyl (C=O) groups is 1. The van der Waals surface area contributed by atoms with Gasteiger partial charge in [-0.2, -0.15) is 0 Å². The van der Waals surface area contributed by atoms with Crippen molar-refractivity contribution in [2.75, 3.05) is 13.1 Å². The zero-order valence-electron chi connectivity index (χ0n) is 11.6. The van der Waals surface area contributed by atoms with Gasteiger partial charge in [-0.05, 0) is 34.6 Å². The van der Waals surface area contributed by atoms with Gasteiger partial charge in [0.15, 0.2) is 0 Å². The molecule has 6 heteroatoms. The number of hydrogen-bond donors (Lipinski definition) is 1. The average molecular weight is 274 g/mol. The fourth-order valence-corrected chi connectivity index (χ4v) is 1.92. The Morgan fingerprint density at radius 1 is 1.50 bits per heavy atom. The number of nitrogens with zero attached hydrogens (tertiary/aromatic N) is 1. The molecule has 1 fully saturated rings. The summed E-state index contributed by atoms with van der Waals surface area (Å²) in [5.74, 6) is 0. The number of hydrogen-bond acceptors (Lipinski definition) is 4. The summed E-state index contributed by atoms with van der Waals surface area (Å²) in [5, 5.41) is 0. The Balaban J connectivity index is 2.76. The van der Waals surface area contributed by atoms with Gasteiger partial charge in [-0.25, -0.2) is 4.79 Å². The van der Waals surface area contributed by atoms with Gasteiger partial charge in [0.25, 0.3) is 0 Å². The summed E-state index contributed by atoms with van der Waals surface area (Å²) in [6, 6.07) is 0. The third-order valence-electron chi connectivity index (χ3n) is 2.39. The Morgan fingerprint density at radius 2 is 2.06 bits per heavy atom. The lowest BCUT2D eigenvalue weighted by Crippen LogP contribution is -2.58. The lowest BCUT2D eigenvalue weighted by Gasteiger charge is -2.42. The first-order valence-electron chi connectivity index (χ1n) is 5.95. The molecule has 1 atom stereocenters. The molecule has 1 amide bonds. The average Bonchev–Trinajstić information content (AvgIpc) is 2.12. The van der Waals surface area contributed by atoms with Gasteiger partial charge < -0.3 is 20.1 Å². The molecule has 18 heavy (non-hydrogen) atoms. The minimum atomic E-state index is -0.516. The second-order valence-electron chi connectivity index (χ2n) is 6.13. The van der Waals surface area contributed by atoms with E-state index >= 15 is 0 Å². The van der Waals surface area contributed by atoms with E-state index < -0.39 is 17.3 Å².